The van der Waals surface area contributed by atoms with Gasteiger partial charge in [-0.15, -0.1) is 11.3 Å². The Morgan fingerprint density at radius 1 is 1.45 bits per heavy atom. The molecule has 3 rings (SSSR count). The molecule has 12 heteroatoms. The van der Waals surface area contributed by atoms with Gasteiger partial charge in [0.2, 0.25) is 15.8 Å². The SMILES string of the molecule is NS(=O)(=O)c1ccc(CNc2nc3sccn3c2[N+](=O)[O-])s1. The van der Waals surface area contributed by atoms with Crippen LogP contribution < -0.4 is 10.5 Å². The summed E-state index contributed by atoms with van der Waals surface area (Å²) in [4.78, 5) is 16.0. The number of hydrogen-bond donors (Lipinski definition) is 2. The molecular weight excluding hydrogens is 350 g/mol. The third-order valence-corrected chi connectivity index (χ3v) is 6.04. The van der Waals surface area contributed by atoms with Crippen LogP contribution in [0.3, 0.4) is 0 Å². The Balaban J connectivity index is 1.85. The highest BCUT2D eigenvalue weighted by Crippen LogP contribution is 2.29. The lowest BCUT2D eigenvalue weighted by Crippen LogP contribution is -2.09. The molecule has 0 fully saturated rings. The smallest absolute Gasteiger partial charge is 0.358 e. The maximum absolute atomic E-state index is 11.2. The first-order chi connectivity index (χ1) is 10.4. The van der Waals surface area contributed by atoms with Crippen LogP contribution in [-0.2, 0) is 16.6 Å². The van der Waals surface area contributed by atoms with E-state index < -0.39 is 14.9 Å². The van der Waals surface area contributed by atoms with E-state index in [9.17, 15) is 18.5 Å². The Morgan fingerprint density at radius 3 is 2.86 bits per heavy atom. The molecule has 22 heavy (non-hydrogen) atoms. The predicted octanol–water partition coefficient (Wildman–Crippen LogP) is 1.62. The van der Waals surface area contributed by atoms with Crippen molar-refractivity contribution < 1.29 is 13.3 Å². The molecule has 0 aliphatic carbocycles. The molecule has 0 aliphatic rings. The van der Waals surface area contributed by atoms with Crippen LogP contribution in [0.2, 0.25) is 0 Å². The van der Waals surface area contributed by atoms with Crippen LogP contribution in [0.5, 0.6) is 0 Å². The fourth-order valence-corrected chi connectivity index (χ4v) is 4.27. The number of fused-ring (bicyclic) bond motifs is 1. The lowest BCUT2D eigenvalue weighted by molar-refractivity contribution is -0.389. The van der Waals surface area contributed by atoms with E-state index in [2.05, 4.69) is 10.3 Å². The predicted molar refractivity (Wildman–Crippen MR) is 82.7 cm³/mol. The Kier molecular flexibility index (Phi) is 3.60. The van der Waals surface area contributed by atoms with Crippen molar-refractivity contribution in [2.45, 2.75) is 10.8 Å². The van der Waals surface area contributed by atoms with Crippen molar-refractivity contribution in [2.24, 2.45) is 5.14 Å². The van der Waals surface area contributed by atoms with E-state index in [4.69, 9.17) is 5.14 Å². The molecule has 0 radical (unpaired) electrons. The van der Waals surface area contributed by atoms with Crippen molar-refractivity contribution in [3.05, 3.63) is 38.7 Å². The van der Waals surface area contributed by atoms with Gasteiger partial charge in [0, 0.05) is 10.3 Å². The number of rotatable bonds is 5. The van der Waals surface area contributed by atoms with Gasteiger partial charge in [-0.1, -0.05) is 11.3 Å². The third-order valence-electron chi connectivity index (χ3n) is 2.76. The normalized spacial score (nSPS) is 11.9. The highest BCUT2D eigenvalue weighted by Gasteiger charge is 2.23. The summed E-state index contributed by atoms with van der Waals surface area (Å²) in [6, 6.07) is 3.00. The minimum Gasteiger partial charge on any atom is -0.358 e. The molecule has 0 aromatic carbocycles. The Labute approximate surface area is 132 Å². The van der Waals surface area contributed by atoms with Gasteiger partial charge in [0.1, 0.15) is 10.4 Å². The summed E-state index contributed by atoms with van der Waals surface area (Å²) in [7, 11) is -3.73. The van der Waals surface area contributed by atoms with Gasteiger partial charge < -0.3 is 15.4 Å². The molecule has 0 aliphatic heterocycles. The largest absolute Gasteiger partial charge is 0.372 e. The molecule has 3 aromatic rings. The minimum absolute atomic E-state index is 0.0459. The topological polar surface area (TPSA) is 133 Å². The first-order valence-electron chi connectivity index (χ1n) is 5.81. The van der Waals surface area contributed by atoms with Crippen LogP contribution in [0, 0.1) is 10.1 Å². The Bertz CT molecular complexity index is 954. The summed E-state index contributed by atoms with van der Waals surface area (Å²) >= 11 is 2.29. The minimum atomic E-state index is -3.73. The number of anilines is 1. The number of nitrogens with two attached hydrogens (primary N) is 1. The number of primary sulfonamides is 1. The van der Waals surface area contributed by atoms with Gasteiger partial charge in [-0.05, 0) is 17.1 Å². The molecule has 0 amide bonds. The number of nitro groups is 1. The summed E-state index contributed by atoms with van der Waals surface area (Å²) in [6.07, 6.45) is 1.57. The molecule has 0 atom stereocenters. The molecule has 9 nitrogen and oxygen atoms in total. The van der Waals surface area contributed by atoms with Crippen LogP contribution in [0.1, 0.15) is 4.88 Å². The van der Waals surface area contributed by atoms with Crippen LogP contribution in [0.4, 0.5) is 11.6 Å². The number of nitrogens with zero attached hydrogens (tertiary/aromatic N) is 3. The Morgan fingerprint density at radius 2 is 2.23 bits per heavy atom. The highest BCUT2D eigenvalue weighted by atomic mass is 32.2. The second-order valence-electron chi connectivity index (χ2n) is 4.22. The summed E-state index contributed by atoms with van der Waals surface area (Å²) in [5, 5.41) is 20.8. The van der Waals surface area contributed by atoms with E-state index >= 15 is 0 Å². The third kappa shape index (κ3) is 2.68. The fourth-order valence-electron chi connectivity index (χ4n) is 1.84. The second kappa shape index (κ2) is 5.31. The lowest BCUT2D eigenvalue weighted by atomic mass is 10.4. The second-order valence-corrected chi connectivity index (χ2v) is 8.05. The van der Waals surface area contributed by atoms with Gasteiger partial charge in [-0.2, -0.15) is 9.38 Å². The number of thiazole rings is 1. The van der Waals surface area contributed by atoms with Crippen molar-refractivity contribution in [3.63, 3.8) is 0 Å². The van der Waals surface area contributed by atoms with Crippen LogP contribution in [0.15, 0.2) is 27.9 Å². The van der Waals surface area contributed by atoms with E-state index in [-0.39, 0.29) is 22.4 Å². The van der Waals surface area contributed by atoms with Gasteiger partial charge in [-0.3, -0.25) is 0 Å². The van der Waals surface area contributed by atoms with Gasteiger partial charge in [0.25, 0.3) is 4.96 Å². The number of aromatic nitrogens is 2. The van der Waals surface area contributed by atoms with Crippen molar-refractivity contribution in [1.29, 1.82) is 0 Å². The monoisotopic (exact) mass is 359 g/mol. The highest BCUT2D eigenvalue weighted by molar-refractivity contribution is 7.91. The first kappa shape index (κ1) is 14.9. The molecule has 0 bridgehead atoms. The number of nitrogens with one attached hydrogen (secondary N) is 1. The molecule has 0 unspecified atom stereocenters. The lowest BCUT2D eigenvalue weighted by Gasteiger charge is -2.01. The van der Waals surface area contributed by atoms with E-state index in [1.165, 1.54) is 21.8 Å². The number of sulfonamides is 1. The zero-order valence-corrected chi connectivity index (χ0v) is 13.2. The maximum atomic E-state index is 11.2. The van der Waals surface area contributed by atoms with Crippen molar-refractivity contribution in [3.8, 4) is 0 Å². The van der Waals surface area contributed by atoms with E-state index in [1.54, 1.807) is 17.6 Å². The van der Waals surface area contributed by atoms with Gasteiger partial charge in [0.05, 0.1) is 6.54 Å². The first-order valence-corrected chi connectivity index (χ1v) is 9.06. The zero-order valence-electron chi connectivity index (χ0n) is 10.8. The molecule has 116 valence electrons. The Hall–Kier alpha value is -2.02. The standard InChI is InChI=1S/C10H9N5O4S3/c11-22(18,19)7-2-1-6(21-7)5-12-8-9(15(16)17)14-3-4-20-10(14)13-8/h1-4,12H,5H2,(H2,11,18,19). The average Bonchev–Trinajstić information content (AvgIpc) is 3.09. The summed E-state index contributed by atoms with van der Waals surface area (Å²) in [6.45, 7) is 0.214. The summed E-state index contributed by atoms with van der Waals surface area (Å²) in [5.41, 5.74) is 0. The van der Waals surface area contributed by atoms with Crippen LogP contribution in [-0.4, -0.2) is 22.7 Å². The van der Waals surface area contributed by atoms with Gasteiger partial charge in [-0.25, -0.2) is 13.6 Å². The van der Waals surface area contributed by atoms with Gasteiger partial charge in [0.15, 0.2) is 0 Å². The molecule has 0 saturated heterocycles. The van der Waals surface area contributed by atoms with Crippen LogP contribution >= 0.6 is 22.7 Å². The summed E-state index contributed by atoms with van der Waals surface area (Å²) in [5.74, 6) is -0.0121. The van der Waals surface area contributed by atoms with E-state index in [0.717, 1.165) is 11.3 Å². The van der Waals surface area contributed by atoms with Crippen LogP contribution in [0.25, 0.3) is 4.96 Å². The zero-order chi connectivity index (χ0) is 15.9. The van der Waals surface area contributed by atoms with E-state index in [0.29, 0.717) is 9.84 Å². The molecule has 3 aromatic heterocycles. The van der Waals surface area contributed by atoms with Crippen molar-refractivity contribution in [2.75, 3.05) is 5.32 Å². The summed E-state index contributed by atoms with van der Waals surface area (Å²) < 4.78 is 23.9. The molecular formula is C10H9N5O4S3. The molecule has 0 saturated carbocycles. The quantitative estimate of drug-likeness (QED) is 0.525. The van der Waals surface area contributed by atoms with Gasteiger partial charge >= 0.3 is 5.82 Å². The molecule has 3 N–H and O–H groups in total. The number of thiophene rings is 1. The fraction of sp³-hybridized carbons (Fsp3) is 0.100. The molecule has 3 heterocycles. The molecule has 0 spiro atoms. The van der Waals surface area contributed by atoms with Crippen molar-refractivity contribution in [1.82, 2.24) is 9.38 Å². The maximum Gasteiger partial charge on any atom is 0.372 e. The average molecular weight is 359 g/mol. The van der Waals surface area contributed by atoms with Crippen molar-refractivity contribution >= 4 is 49.3 Å². The number of hydrogen-bond acceptors (Lipinski definition) is 8. The van der Waals surface area contributed by atoms with E-state index in [1.807, 2.05) is 0 Å². The number of imidazole rings is 1.